The van der Waals surface area contributed by atoms with Gasteiger partial charge >= 0.3 is 0 Å². The monoisotopic (exact) mass is 345 g/mol. The third-order valence-corrected chi connectivity index (χ3v) is 5.29. The van der Waals surface area contributed by atoms with Gasteiger partial charge in [0.1, 0.15) is 22.8 Å². The third-order valence-electron chi connectivity index (χ3n) is 5.29. The van der Waals surface area contributed by atoms with E-state index >= 15 is 0 Å². The molecular formula is C18H27N5O2. The summed E-state index contributed by atoms with van der Waals surface area (Å²) in [6, 6.07) is 0. The van der Waals surface area contributed by atoms with Gasteiger partial charge in [0, 0.05) is 24.9 Å². The number of nitrogens with zero attached hydrogens (tertiary/aromatic N) is 3. The second-order valence-electron chi connectivity index (χ2n) is 8.35. The molecule has 3 heterocycles. The molecule has 7 heteroatoms. The topological polar surface area (TPSA) is 85.0 Å². The van der Waals surface area contributed by atoms with Crippen LogP contribution >= 0.6 is 0 Å². The van der Waals surface area contributed by atoms with E-state index in [1.54, 1.807) is 7.11 Å². The minimum absolute atomic E-state index is 0.0186. The highest BCUT2D eigenvalue weighted by Crippen LogP contribution is 2.44. The first-order chi connectivity index (χ1) is 11.9. The normalized spacial score (nSPS) is 26.5. The van der Waals surface area contributed by atoms with Crippen molar-refractivity contribution in [3.63, 3.8) is 0 Å². The van der Waals surface area contributed by atoms with Crippen LogP contribution in [0.2, 0.25) is 0 Å². The van der Waals surface area contributed by atoms with E-state index in [1.165, 1.54) is 0 Å². The number of hydroxylamine groups is 1. The predicted molar refractivity (Wildman–Crippen MR) is 94.4 cm³/mol. The van der Waals surface area contributed by atoms with Gasteiger partial charge in [-0.05, 0) is 19.3 Å². The first-order valence-electron chi connectivity index (χ1n) is 9.07. The smallest absolute Gasteiger partial charge is 0.181 e. The van der Waals surface area contributed by atoms with Gasteiger partial charge in [-0.1, -0.05) is 20.8 Å². The summed E-state index contributed by atoms with van der Waals surface area (Å²) in [4.78, 5) is 23.5. The maximum Gasteiger partial charge on any atom is 0.181 e. The number of aromatic amines is 1. The quantitative estimate of drug-likeness (QED) is 0.885. The van der Waals surface area contributed by atoms with Crippen LogP contribution in [0.3, 0.4) is 0 Å². The zero-order valence-electron chi connectivity index (χ0n) is 15.5. The summed E-state index contributed by atoms with van der Waals surface area (Å²) in [6.07, 6.45) is 3.93. The molecule has 2 aromatic heterocycles. The average molecular weight is 345 g/mol. The van der Waals surface area contributed by atoms with Crippen molar-refractivity contribution in [1.29, 1.82) is 0 Å². The molecule has 136 valence electrons. The van der Waals surface area contributed by atoms with Crippen LogP contribution in [0.1, 0.15) is 63.3 Å². The molecule has 2 N–H and O–H groups in total. The molecule has 2 atom stereocenters. The van der Waals surface area contributed by atoms with Gasteiger partial charge in [-0.2, -0.15) is 5.48 Å². The minimum Gasteiger partial charge on any atom is -0.384 e. The van der Waals surface area contributed by atoms with Gasteiger partial charge in [0.25, 0.3) is 0 Å². The molecule has 1 saturated heterocycles. The van der Waals surface area contributed by atoms with Gasteiger partial charge in [-0.25, -0.2) is 15.0 Å². The van der Waals surface area contributed by atoms with E-state index in [2.05, 4.69) is 31.2 Å². The van der Waals surface area contributed by atoms with E-state index < -0.39 is 0 Å². The highest BCUT2D eigenvalue weighted by molar-refractivity contribution is 5.73. The Hall–Kier alpha value is -1.57. The zero-order chi connectivity index (χ0) is 17.7. The van der Waals surface area contributed by atoms with Crippen LogP contribution in [0.4, 0.5) is 0 Å². The number of aromatic nitrogens is 4. The Kier molecular flexibility index (Phi) is 4.05. The van der Waals surface area contributed by atoms with Gasteiger partial charge in [-0.15, -0.1) is 0 Å². The average Bonchev–Trinajstić information content (AvgIpc) is 3.14. The fourth-order valence-electron chi connectivity index (χ4n) is 3.73. The van der Waals surface area contributed by atoms with Crippen molar-refractivity contribution in [1.82, 2.24) is 25.4 Å². The van der Waals surface area contributed by atoms with Crippen LogP contribution in [-0.4, -0.2) is 45.8 Å². The molecule has 7 nitrogen and oxygen atoms in total. The fraction of sp³-hybridized carbons (Fsp3) is 0.722. The van der Waals surface area contributed by atoms with Crippen molar-refractivity contribution < 1.29 is 9.57 Å². The first-order valence-corrected chi connectivity index (χ1v) is 9.07. The summed E-state index contributed by atoms with van der Waals surface area (Å²) < 4.78 is 5.26. The number of H-pyrrole nitrogens is 1. The van der Waals surface area contributed by atoms with Gasteiger partial charge in [0.05, 0.1) is 18.8 Å². The van der Waals surface area contributed by atoms with Crippen LogP contribution in [0.15, 0.2) is 0 Å². The van der Waals surface area contributed by atoms with Crippen molar-refractivity contribution in [2.24, 2.45) is 0 Å². The van der Waals surface area contributed by atoms with E-state index in [1.807, 2.05) is 0 Å². The Balaban J connectivity index is 1.70. The lowest BCUT2D eigenvalue weighted by molar-refractivity contribution is -0.200. The van der Waals surface area contributed by atoms with E-state index in [0.29, 0.717) is 12.5 Å². The van der Waals surface area contributed by atoms with Gasteiger partial charge in [-0.3, -0.25) is 4.84 Å². The summed E-state index contributed by atoms with van der Waals surface area (Å²) in [5.41, 5.74) is 5.55. The largest absolute Gasteiger partial charge is 0.384 e. The minimum atomic E-state index is -0.113. The molecule has 1 spiro atoms. The third kappa shape index (κ3) is 3.05. The maximum absolute atomic E-state index is 5.61. The summed E-state index contributed by atoms with van der Waals surface area (Å²) in [5, 5.41) is 0. The van der Waals surface area contributed by atoms with Crippen LogP contribution in [-0.2, 0) is 21.4 Å². The highest BCUT2D eigenvalue weighted by Gasteiger charge is 2.47. The molecule has 1 aliphatic carbocycles. The summed E-state index contributed by atoms with van der Waals surface area (Å²) >= 11 is 0. The molecule has 2 unspecified atom stereocenters. The Morgan fingerprint density at radius 3 is 2.68 bits per heavy atom. The molecule has 4 rings (SSSR count). The number of hydrogen-bond donors (Lipinski definition) is 2. The van der Waals surface area contributed by atoms with Gasteiger partial charge in [0.2, 0.25) is 0 Å². The predicted octanol–water partition coefficient (Wildman–Crippen LogP) is 2.38. The molecular weight excluding hydrogens is 318 g/mol. The molecule has 0 aromatic carbocycles. The second kappa shape index (κ2) is 6.00. The highest BCUT2D eigenvalue weighted by atomic mass is 16.7. The van der Waals surface area contributed by atoms with Crippen LogP contribution < -0.4 is 5.48 Å². The number of nitrogens with one attached hydrogen (secondary N) is 2. The molecule has 2 aliphatic rings. The zero-order valence-corrected chi connectivity index (χ0v) is 15.5. The lowest BCUT2D eigenvalue weighted by atomic mass is 9.95. The Labute approximate surface area is 147 Å². The molecule has 1 aliphatic heterocycles. The number of ether oxygens (including phenoxy) is 1. The van der Waals surface area contributed by atoms with Crippen molar-refractivity contribution in [2.75, 3.05) is 20.3 Å². The van der Waals surface area contributed by atoms with Gasteiger partial charge < -0.3 is 9.72 Å². The lowest BCUT2D eigenvalue weighted by Crippen LogP contribution is -2.55. The van der Waals surface area contributed by atoms with Crippen LogP contribution in [0.25, 0.3) is 11.2 Å². The molecule has 0 radical (unpaired) electrons. The molecule has 2 fully saturated rings. The summed E-state index contributed by atoms with van der Waals surface area (Å²) in [7, 11) is 1.71. The van der Waals surface area contributed by atoms with Crippen molar-refractivity contribution in [2.45, 2.75) is 63.4 Å². The molecule has 0 amide bonds. The van der Waals surface area contributed by atoms with E-state index in [4.69, 9.17) is 24.5 Å². The fourth-order valence-corrected chi connectivity index (χ4v) is 3.73. The van der Waals surface area contributed by atoms with Crippen LogP contribution in [0.5, 0.6) is 0 Å². The van der Waals surface area contributed by atoms with Crippen molar-refractivity contribution >= 4 is 11.2 Å². The number of methoxy groups -OCH3 is 1. The summed E-state index contributed by atoms with van der Waals surface area (Å²) in [6.45, 7) is 7.96. The molecule has 0 bridgehead atoms. The Morgan fingerprint density at radius 2 is 2.08 bits per heavy atom. The summed E-state index contributed by atoms with van der Waals surface area (Å²) in [5.74, 6) is 2.24. The van der Waals surface area contributed by atoms with E-state index in [-0.39, 0.29) is 11.0 Å². The molecule has 2 aromatic rings. The lowest BCUT2D eigenvalue weighted by Gasteiger charge is -2.38. The van der Waals surface area contributed by atoms with Crippen LogP contribution in [0, 0.1) is 0 Å². The Bertz CT molecular complexity index is 776. The second-order valence-corrected chi connectivity index (χ2v) is 8.35. The number of hydrogen-bond acceptors (Lipinski definition) is 6. The molecule has 25 heavy (non-hydrogen) atoms. The molecule has 1 saturated carbocycles. The SMILES string of the molecule is COCCc1nc(C(C)(C)C)nc2nc(C3CCC4(CNO4)C3)[nH]c12. The number of fused-ring (bicyclic) bond motifs is 1. The van der Waals surface area contributed by atoms with Crippen molar-refractivity contribution in [3.8, 4) is 0 Å². The Morgan fingerprint density at radius 1 is 1.28 bits per heavy atom. The van der Waals surface area contributed by atoms with Crippen molar-refractivity contribution in [3.05, 3.63) is 17.3 Å². The first kappa shape index (κ1) is 16.9. The number of rotatable bonds is 4. The van der Waals surface area contributed by atoms with E-state index in [9.17, 15) is 0 Å². The maximum atomic E-state index is 5.61. The van der Waals surface area contributed by atoms with E-state index in [0.717, 1.165) is 60.7 Å². The number of imidazole rings is 1. The standard InChI is InChI=1S/C18H27N5O2/c1-17(2,3)16-20-12(6-8-24-4)13-15(23-16)22-14(21-13)11-5-7-18(9-11)10-19-25-18/h11,19H,5-10H2,1-4H3,(H,20,21,22,23). The van der Waals surface area contributed by atoms with Gasteiger partial charge in [0.15, 0.2) is 5.65 Å².